The lowest BCUT2D eigenvalue weighted by Gasteiger charge is -2.12. The number of hydrogen-bond acceptors (Lipinski definition) is 4. The molecule has 1 aromatic carbocycles. The van der Waals surface area contributed by atoms with Gasteiger partial charge in [-0.25, -0.2) is 9.97 Å². The first-order valence-electron chi connectivity index (χ1n) is 6.35. The Morgan fingerprint density at radius 2 is 1.65 bits per heavy atom. The zero-order chi connectivity index (χ0) is 13.9. The second kappa shape index (κ2) is 5.09. The lowest BCUT2D eigenvalue weighted by Crippen LogP contribution is -2.02. The number of nitrogens with zero attached hydrogens (tertiary/aromatic N) is 3. The highest BCUT2D eigenvalue weighted by Gasteiger charge is 2.14. The summed E-state index contributed by atoms with van der Waals surface area (Å²) in [4.78, 5) is 12.8. The summed E-state index contributed by atoms with van der Waals surface area (Å²) < 4.78 is 0. The van der Waals surface area contributed by atoms with Crippen LogP contribution in [-0.4, -0.2) is 15.0 Å². The summed E-state index contributed by atoms with van der Waals surface area (Å²) in [5.41, 5.74) is 10.5. The van der Waals surface area contributed by atoms with Gasteiger partial charge in [0.05, 0.1) is 11.4 Å². The van der Waals surface area contributed by atoms with E-state index in [1.54, 1.807) is 12.4 Å². The minimum absolute atomic E-state index is 0.279. The van der Waals surface area contributed by atoms with Crippen LogP contribution in [0, 0.1) is 6.92 Å². The van der Waals surface area contributed by atoms with Gasteiger partial charge in [-0.3, -0.25) is 4.98 Å². The number of pyridine rings is 1. The fraction of sp³-hybridized carbons (Fsp3) is 0.0625. The Labute approximate surface area is 117 Å². The van der Waals surface area contributed by atoms with Gasteiger partial charge < -0.3 is 5.73 Å². The van der Waals surface area contributed by atoms with E-state index in [2.05, 4.69) is 15.0 Å². The van der Waals surface area contributed by atoms with Crippen LogP contribution in [0.4, 0.5) is 5.95 Å². The number of aromatic nitrogens is 3. The first kappa shape index (κ1) is 12.3. The third kappa shape index (κ3) is 2.23. The van der Waals surface area contributed by atoms with Crippen LogP contribution >= 0.6 is 0 Å². The highest BCUT2D eigenvalue weighted by Crippen LogP contribution is 2.32. The monoisotopic (exact) mass is 262 g/mol. The van der Waals surface area contributed by atoms with Crippen LogP contribution in [0.25, 0.3) is 22.4 Å². The molecule has 0 aliphatic carbocycles. The van der Waals surface area contributed by atoms with Crippen LogP contribution < -0.4 is 5.73 Å². The zero-order valence-electron chi connectivity index (χ0n) is 11.1. The van der Waals surface area contributed by atoms with E-state index in [4.69, 9.17) is 5.73 Å². The Morgan fingerprint density at radius 1 is 0.900 bits per heavy atom. The van der Waals surface area contributed by atoms with Crippen molar-refractivity contribution in [3.05, 3.63) is 60.6 Å². The summed E-state index contributed by atoms with van der Waals surface area (Å²) in [7, 11) is 0. The molecule has 3 rings (SSSR count). The zero-order valence-corrected chi connectivity index (χ0v) is 11.1. The molecule has 0 amide bonds. The minimum atomic E-state index is 0.279. The van der Waals surface area contributed by atoms with Crippen molar-refractivity contribution in [2.75, 3.05) is 5.73 Å². The average molecular weight is 262 g/mol. The van der Waals surface area contributed by atoms with Crippen LogP contribution in [-0.2, 0) is 0 Å². The quantitative estimate of drug-likeness (QED) is 0.770. The van der Waals surface area contributed by atoms with Gasteiger partial charge in [0.2, 0.25) is 5.95 Å². The van der Waals surface area contributed by atoms with Gasteiger partial charge in [-0.05, 0) is 24.6 Å². The smallest absolute Gasteiger partial charge is 0.220 e. The van der Waals surface area contributed by atoms with Gasteiger partial charge in [-0.15, -0.1) is 0 Å². The van der Waals surface area contributed by atoms with Crippen molar-refractivity contribution in [2.24, 2.45) is 0 Å². The molecule has 0 unspecified atom stereocenters. The number of aryl methyl sites for hydroxylation is 1. The van der Waals surface area contributed by atoms with E-state index in [1.807, 2.05) is 49.4 Å². The predicted octanol–water partition coefficient (Wildman–Crippen LogP) is 3.10. The molecule has 2 aromatic heterocycles. The Bertz CT molecular complexity index is 724. The maximum Gasteiger partial charge on any atom is 0.220 e. The molecule has 98 valence electrons. The molecule has 2 N–H and O–H groups in total. The molecule has 4 heteroatoms. The molecule has 0 bridgehead atoms. The van der Waals surface area contributed by atoms with E-state index in [0.29, 0.717) is 0 Å². The van der Waals surface area contributed by atoms with E-state index in [0.717, 1.165) is 28.1 Å². The molecule has 4 nitrogen and oxygen atoms in total. The van der Waals surface area contributed by atoms with E-state index in [9.17, 15) is 0 Å². The van der Waals surface area contributed by atoms with Crippen LogP contribution in [0.5, 0.6) is 0 Å². The summed E-state index contributed by atoms with van der Waals surface area (Å²) >= 11 is 0. The highest BCUT2D eigenvalue weighted by molar-refractivity contribution is 5.82. The summed E-state index contributed by atoms with van der Waals surface area (Å²) in [6.07, 6.45) is 3.52. The molecule has 3 aromatic rings. The third-order valence-electron chi connectivity index (χ3n) is 3.10. The van der Waals surface area contributed by atoms with Crippen molar-refractivity contribution < 1.29 is 0 Å². The summed E-state index contributed by atoms with van der Waals surface area (Å²) in [5.74, 6) is 0.279. The molecule has 0 atom stereocenters. The first-order valence-corrected chi connectivity index (χ1v) is 6.35. The van der Waals surface area contributed by atoms with Crippen molar-refractivity contribution in [2.45, 2.75) is 6.92 Å². The van der Waals surface area contributed by atoms with Gasteiger partial charge >= 0.3 is 0 Å². The number of anilines is 1. The number of rotatable bonds is 2. The largest absolute Gasteiger partial charge is 0.368 e. The van der Waals surface area contributed by atoms with Crippen LogP contribution in [0.2, 0.25) is 0 Å². The number of nitrogens with two attached hydrogens (primary N) is 1. The Hall–Kier alpha value is -2.75. The predicted molar refractivity (Wildman–Crippen MR) is 79.8 cm³/mol. The minimum Gasteiger partial charge on any atom is -0.368 e. The molecule has 20 heavy (non-hydrogen) atoms. The third-order valence-corrected chi connectivity index (χ3v) is 3.10. The lowest BCUT2D eigenvalue weighted by atomic mass is 9.99. The molecule has 0 aliphatic rings. The van der Waals surface area contributed by atoms with Gasteiger partial charge in [0.15, 0.2) is 0 Å². The van der Waals surface area contributed by atoms with E-state index < -0.39 is 0 Å². The number of hydrogen-bond donors (Lipinski definition) is 1. The van der Waals surface area contributed by atoms with Crippen molar-refractivity contribution in [1.29, 1.82) is 0 Å². The van der Waals surface area contributed by atoms with Gasteiger partial charge in [0.25, 0.3) is 0 Å². The van der Waals surface area contributed by atoms with E-state index in [1.165, 1.54) is 0 Å². The molecular weight excluding hydrogens is 248 g/mol. The second-order valence-electron chi connectivity index (χ2n) is 4.50. The molecular formula is C16H14N4. The van der Waals surface area contributed by atoms with Crippen LogP contribution in [0.1, 0.15) is 5.69 Å². The molecule has 0 spiro atoms. The first-order chi connectivity index (χ1) is 9.75. The van der Waals surface area contributed by atoms with Crippen molar-refractivity contribution in [3.8, 4) is 22.4 Å². The van der Waals surface area contributed by atoms with Crippen LogP contribution in [0.3, 0.4) is 0 Å². The Kier molecular flexibility index (Phi) is 3.13. The number of benzene rings is 1. The van der Waals surface area contributed by atoms with Gasteiger partial charge in [-0.2, -0.15) is 0 Å². The van der Waals surface area contributed by atoms with E-state index in [-0.39, 0.29) is 5.95 Å². The average Bonchev–Trinajstić information content (AvgIpc) is 2.48. The maximum atomic E-state index is 5.80. The topological polar surface area (TPSA) is 64.7 Å². The summed E-state index contributed by atoms with van der Waals surface area (Å²) in [5, 5.41) is 0. The Morgan fingerprint density at radius 3 is 2.35 bits per heavy atom. The van der Waals surface area contributed by atoms with Crippen molar-refractivity contribution in [3.63, 3.8) is 0 Å². The highest BCUT2D eigenvalue weighted by atomic mass is 15.0. The molecule has 0 radical (unpaired) electrons. The molecule has 2 heterocycles. The fourth-order valence-electron chi connectivity index (χ4n) is 2.26. The summed E-state index contributed by atoms with van der Waals surface area (Å²) in [6.45, 7) is 1.94. The number of nitrogen functional groups attached to an aromatic ring is 1. The summed E-state index contributed by atoms with van der Waals surface area (Å²) in [6, 6.07) is 13.9. The molecule has 0 saturated carbocycles. The van der Waals surface area contributed by atoms with Crippen molar-refractivity contribution >= 4 is 5.95 Å². The standard InChI is InChI=1S/C16H14N4/c1-11-14(12-6-3-2-4-7-12)15(20-16(17)19-11)13-8-5-9-18-10-13/h2-10H,1H3,(H2,17,19,20). The van der Waals surface area contributed by atoms with Gasteiger partial charge in [0, 0.05) is 23.5 Å². The van der Waals surface area contributed by atoms with Crippen LogP contribution in [0.15, 0.2) is 54.9 Å². The lowest BCUT2D eigenvalue weighted by molar-refractivity contribution is 1.12. The second-order valence-corrected chi connectivity index (χ2v) is 4.50. The maximum absolute atomic E-state index is 5.80. The Balaban J connectivity index is 2.29. The van der Waals surface area contributed by atoms with Crippen molar-refractivity contribution in [1.82, 2.24) is 15.0 Å². The SMILES string of the molecule is Cc1nc(N)nc(-c2cccnc2)c1-c1ccccc1. The molecule has 0 aliphatic heterocycles. The normalized spacial score (nSPS) is 10.4. The van der Waals surface area contributed by atoms with Gasteiger partial charge in [-0.1, -0.05) is 30.3 Å². The molecule has 0 saturated heterocycles. The van der Waals surface area contributed by atoms with Gasteiger partial charge in [0.1, 0.15) is 0 Å². The fourth-order valence-corrected chi connectivity index (χ4v) is 2.26. The molecule has 0 fully saturated rings. The van der Waals surface area contributed by atoms with E-state index >= 15 is 0 Å².